The molecule has 4 rings (SSSR count). The normalized spacial score (nSPS) is 13.8. The topological polar surface area (TPSA) is 237 Å². The van der Waals surface area contributed by atoms with Crippen molar-refractivity contribution in [2.24, 2.45) is 0 Å². The molecule has 0 bridgehead atoms. The van der Waals surface area contributed by atoms with Gasteiger partial charge in [-0.2, -0.15) is 17.6 Å². The van der Waals surface area contributed by atoms with Crippen LogP contribution in [0, 0.1) is 59.8 Å². The van der Waals surface area contributed by atoms with Crippen molar-refractivity contribution in [2.75, 3.05) is 0 Å². The first-order valence-corrected chi connectivity index (χ1v) is 27.6. The lowest BCUT2D eigenvalue weighted by Crippen LogP contribution is -2.36. The molecule has 2 aliphatic heterocycles. The number of carbonyl (C=O) groups is 8. The molecule has 2 heterocycles. The van der Waals surface area contributed by atoms with Gasteiger partial charge in [-0.25, -0.2) is 40.0 Å². The number of imide groups is 2. The summed E-state index contributed by atoms with van der Waals surface area (Å²) in [5, 5.41) is -1.30. The van der Waals surface area contributed by atoms with Crippen molar-refractivity contribution in [1.82, 2.24) is 10.1 Å². The Morgan fingerprint density at radius 2 is 0.762 bits per heavy atom. The maximum atomic E-state index is 13.3. The number of nitrogens with zero attached hydrogens (tertiary/aromatic N) is 2. The second kappa shape index (κ2) is 39.2. The average Bonchev–Trinajstić information content (AvgIpc) is 3.87. The van der Waals surface area contributed by atoms with Crippen LogP contribution in [0.1, 0.15) is 201 Å². The van der Waals surface area contributed by atoms with E-state index >= 15 is 0 Å². The van der Waals surface area contributed by atoms with Crippen molar-refractivity contribution in [3.63, 3.8) is 0 Å². The van der Waals surface area contributed by atoms with Crippen LogP contribution >= 0.6 is 0 Å². The van der Waals surface area contributed by atoms with E-state index in [-0.39, 0.29) is 57.1 Å². The third-order valence-corrected chi connectivity index (χ3v) is 12.5. The van der Waals surface area contributed by atoms with Gasteiger partial charge >= 0.3 is 23.9 Å². The number of hydrogen-bond donors (Lipinski definition) is 0. The maximum Gasteiger partial charge on any atom is 0.333 e. The summed E-state index contributed by atoms with van der Waals surface area (Å²) in [6, 6.07) is 0.0623. The molecular formula is C53H71F9N2O15S. The van der Waals surface area contributed by atoms with Crippen molar-refractivity contribution >= 4 is 57.6 Å². The fourth-order valence-corrected chi connectivity index (χ4v) is 7.68. The van der Waals surface area contributed by atoms with Crippen molar-refractivity contribution in [3.05, 3.63) is 65.8 Å². The van der Waals surface area contributed by atoms with Crippen LogP contribution in [-0.2, 0) is 58.1 Å². The van der Waals surface area contributed by atoms with E-state index in [4.69, 9.17) is 4.84 Å². The lowest BCUT2D eigenvalue weighted by atomic mass is 10.1. The lowest BCUT2D eigenvalue weighted by molar-refractivity contribution is -0.197. The molecule has 0 radical (unpaired) electrons. The largest absolute Gasteiger partial charge is 0.747 e. The molecule has 0 spiro atoms. The van der Waals surface area contributed by atoms with Gasteiger partial charge in [-0.15, -0.1) is 10.1 Å². The molecule has 0 aromatic heterocycles. The Kier molecular flexibility index (Phi) is 36.1. The fourth-order valence-electron chi connectivity index (χ4n) is 6.99. The molecule has 4 amide bonds. The molecule has 2 saturated heterocycles. The third kappa shape index (κ3) is 26.3. The van der Waals surface area contributed by atoms with Crippen LogP contribution in [0.2, 0.25) is 0 Å². The number of hydrogen-bond acceptors (Lipinski definition) is 15. The van der Waals surface area contributed by atoms with E-state index in [0.29, 0.717) is 24.3 Å². The van der Waals surface area contributed by atoms with Crippen LogP contribution in [0.25, 0.3) is 0 Å². The maximum absolute atomic E-state index is 13.3. The number of carbonyl (C=O) groups excluding carboxylic acids is 8. The predicted molar refractivity (Wildman–Crippen MR) is 267 cm³/mol. The number of amides is 4. The molecule has 2 fully saturated rings. The summed E-state index contributed by atoms with van der Waals surface area (Å²) in [6.45, 7) is 8.23. The minimum Gasteiger partial charge on any atom is -0.747 e. The summed E-state index contributed by atoms with van der Waals surface area (Å²) >= 11 is 0. The van der Waals surface area contributed by atoms with Gasteiger partial charge in [0.1, 0.15) is 15.4 Å². The Morgan fingerprint density at radius 1 is 0.463 bits per heavy atom. The van der Waals surface area contributed by atoms with E-state index in [1.54, 1.807) is 0 Å². The van der Waals surface area contributed by atoms with Crippen LogP contribution in [-0.4, -0.2) is 75.9 Å². The highest BCUT2D eigenvalue weighted by molar-refractivity contribution is 7.87. The molecule has 1 unspecified atom stereocenters. The highest BCUT2D eigenvalue weighted by Crippen LogP contribution is 2.30. The van der Waals surface area contributed by atoms with Gasteiger partial charge in [-0.1, -0.05) is 130 Å². The Balaban J connectivity index is 0.00000104. The van der Waals surface area contributed by atoms with Gasteiger partial charge in [0.25, 0.3) is 23.6 Å². The number of ether oxygens (including phenoxy) is 2. The van der Waals surface area contributed by atoms with Gasteiger partial charge in [0, 0.05) is 52.0 Å². The second-order valence-electron chi connectivity index (χ2n) is 18.0. The Morgan fingerprint density at radius 3 is 1.09 bits per heavy atom. The van der Waals surface area contributed by atoms with E-state index in [1.807, 2.05) is 13.8 Å². The quantitative estimate of drug-likeness (QED) is 0.00847. The minimum absolute atomic E-state index is 0. The number of halogens is 9. The number of esters is 2. The van der Waals surface area contributed by atoms with Gasteiger partial charge in [0.05, 0.1) is 6.42 Å². The van der Waals surface area contributed by atoms with E-state index in [1.165, 1.54) is 0 Å². The zero-order valence-corrected chi connectivity index (χ0v) is 46.4. The highest BCUT2D eigenvalue weighted by atomic mass is 32.2. The molecule has 0 N–H and O–H groups in total. The summed E-state index contributed by atoms with van der Waals surface area (Å²) in [5.41, 5.74) is 0. The van der Waals surface area contributed by atoms with Gasteiger partial charge in [-0.05, 0) is 25.7 Å². The smallest absolute Gasteiger partial charge is 0.333 e. The molecule has 80 heavy (non-hydrogen) atoms. The number of unbranched alkanes of at least 4 members (excludes halogenated alkanes) is 16. The minimum atomic E-state index is -4.93. The lowest BCUT2D eigenvalue weighted by Gasteiger charge is -2.15. The second-order valence-corrected chi connectivity index (χ2v) is 19.6. The molecule has 0 aliphatic carbocycles. The van der Waals surface area contributed by atoms with Gasteiger partial charge in [0.15, 0.2) is 11.6 Å². The zero-order chi connectivity index (χ0) is 59.8. The first-order valence-electron chi connectivity index (χ1n) is 26.1. The average molecular weight is 1180 g/mol. The highest BCUT2D eigenvalue weighted by Gasteiger charge is 2.45. The molecule has 2 aromatic carbocycles. The van der Waals surface area contributed by atoms with E-state index < -0.39 is 133 Å². The summed E-state index contributed by atoms with van der Waals surface area (Å²) in [6.07, 6.45) is 17.5. The van der Waals surface area contributed by atoms with Gasteiger partial charge < -0.3 is 23.7 Å². The predicted octanol–water partition coefficient (Wildman–Crippen LogP) is 12.0. The Hall–Kier alpha value is -6.25. The van der Waals surface area contributed by atoms with Crippen LogP contribution in [0.5, 0.6) is 11.5 Å². The third-order valence-electron chi connectivity index (χ3n) is 11.4. The van der Waals surface area contributed by atoms with Gasteiger partial charge in [-0.3, -0.25) is 28.8 Å². The Bertz CT molecular complexity index is 2410. The summed E-state index contributed by atoms with van der Waals surface area (Å²) < 4.78 is 158. The monoisotopic (exact) mass is 1180 g/mol. The summed E-state index contributed by atoms with van der Waals surface area (Å²) in [7, 11) is -4.93. The van der Waals surface area contributed by atoms with E-state index in [9.17, 15) is 90.8 Å². The standard InChI is InChI=1S/C14H15F5O2.C14H16F4O2.C12H19NO7S.C12H19NO4.CH3/c1-2-3-4-5-6-7-8(20)21-14-12(18)10(16)9(15)11(17)13(14)19;1-2-3-4-5-6-7-11(19)20-14-12(17)9(15)8-10(16)13(14)18;1-2-3-4-5-6-7-11(15)20-13-10(14)8-9(12(13)16)21(17,18)19;1-2-3-4-5-6-7-12(16)17-13-10(14)8-9-11(13)15;/h2-7H2,1H3;8H,2-7H2,1H3;9H,2-8H2,1H3,(H,17,18,19);2-9H2,1H3;1H3/q;;;;+1/p-1. The van der Waals surface area contributed by atoms with E-state index in [0.717, 1.165) is 109 Å². The van der Waals surface area contributed by atoms with Crippen molar-refractivity contribution in [1.29, 1.82) is 0 Å². The zero-order valence-electron chi connectivity index (χ0n) is 45.6. The molecule has 17 nitrogen and oxygen atoms in total. The van der Waals surface area contributed by atoms with Crippen LogP contribution < -0.4 is 9.47 Å². The fraction of sp³-hybridized carbons (Fsp3) is 0.604. The van der Waals surface area contributed by atoms with Crippen molar-refractivity contribution < 1.29 is 110 Å². The molecule has 2 aliphatic rings. The van der Waals surface area contributed by atoms with Crippen molar-refractivity contribution in [2.45, 2.75) is 206 Å². The van der Waals surface area contributed by atoms with Crippen LogP contribution in [0.3, 0.4) is 0 Å². The van der Waals surface area contributed by atoms with E-state index in [2.05, 4.69) is 28.2 Å². The van der Waals surface area contributed by atoms with Crippen LogP contribution in [0.4, 0.5) is 39.5 Å². The van der Waals surface area contributed by atoms with Gasteiger partial charge in [0.2, 0.25) is 52.2 Å². The first-order chi connectivity index (χ1) is 37.3. The molecular weight excluding hydrogens is 1110 g/mol. The molecule has 1 atom stereocenters. The first kappa shape index (κ1) is 73.8. The molecule has 2 aromatic rings. The Labute approximate surface area is 460 Å². The molecule has 0 saturated carbocycles. The molecule has 27 heteroatoms. The number of rotatable bonds is 29. The van der Waals surface area contributed by atoms with Crippen LogP contribution in [0.15, 0.2) is 6.07 Å². The molecule has 452 valence electrons. The number of hydroxylamine groups is 4. The SMILES string of the molecule is CCCCCCCC(=O)ON1C(=O)CC(S(=O)(=O)[O-])C1=O.CCCCCCCC(=O)ON1C(=O)CCC1=O.CCCCCCCC(=O)Oc1c(F)c(F)c(F)c(F)c1F.CCCCCCCC(=O)Oc1c(F)c(F)cc(F)c1F.[CH3+]. The summed E-state index contributed by atoms with van der Waals surface area (Å²) in [5.74, 6) is -26.7. The van der Waals surface area contributed by atoms with Crippen molar-refractivity contribution in [3.8, 4) is 11.5 Å². The number of benzene rings is 2. The summed E-state index contributed by atoms with van der Waals surface area (Å²) in [4.78, 5) is 100.